The van der Waals surface area contributed by atoms with Gasteiger partial charge in [-0.25, -0.2) is 8.78 Å². The third-order valence-electron chi connectivity index (χ3n) is 4.16. The molecule has 0 unspecified atom stereocenters. The molecule has 1 aliphatic rings. The van der Waals surface area contributed by atoms with Gasteiger partial charge < -0.3 is 10.2 Å². The summed E-state index contributed by atoms with van der Waals surface area (Å²) in [5, 5.41) is 14.5. The van der Waals surface area contributed by atoms with Crippen molar-refractivity contribution in [1.82, 2.24) is 0 Å². The summed E-state index contributed by atoms with van der Waals surface area (Å²) in [6, 6.07) is 11.4. The van der Waals surface area contributed by atoms with Crippen LogP contribution in [0.1, 0.15) is 12.8 Å². The minimum Gasteiger partial charge on any atom is -0.371 e. The van der Waals surface area contributed by atoms with Crippen molar-refractivity contribution < 1.29 is 13.7 Å². The van der Waals surface area contributed by atoms with Crippen LogP contribution in [0.25, 0.3) is 0 Å². The molecular weight excluding hydrogens is 352 g/mol. The van der Waals surface area contributed by atoms with Gasteiger partial charge >= 0.3 is 0 Å². The second-order valence-electron chi connectivity index (χ2n) is 5.93. The van der Waals surface area contributed by atoms with E-state index in [4.69, 9.17) is 11.6 Å². The number of alkyl halides is 2. The van der Waals surface area contributed by atoms with Crippen LogP contribution in [0.5, 0.6) is 0 Å². The van der Waals surface area contributed by atoms with Crippen molar-refractivity contribution in [3.63, 3.8) is 0 Å². The Morgan fingerprint density at radius 1 is 1.12 bits per heavy atom. The van der Waals surface area contributed by atoms with Crippen molar-refractivity contribution in [3.8, 4) is 0 Å². The van der Waals surface area contributed by atoms with E-state index in [1.165, 1.54) is 18.2 Å². The summed E-state index contributed by atoms with van der Waals surface area (Å²) < 4.78 is 26.5. The van der Waals surface area contributed by atoms with Crippen LogP contribution in [0.4, 0.5) is 31.5 Å². The van der Waals surface area contributed by atoms with Gasteiger partial charge in [-0.05, 0) is 36.4 Å². The molecule has 0 saturated carbocycles. The van der Waals surface area contributed by atoms with Gasteiger partial charge in [0.15, 0.2) is 0 Å². The molecule has 25 heavy (non-hydrogen) atoms. The largest absolute Gasteiger partial charge is 0.371 e. The average molecular weight is 368 g/mol. The Morgan fingerprint density at radius 2 is 1.76 bits per heavy atom. The summed E-state index contributed by atoms with van der Waals surface area (Å²) in [6.45, 7) is 0.610. The smallest absolute Gasteiger partial charge is 0.292 e. The monoisotopic (exact) mass is 367 g/mol. The maximum Gasteiger partial charge on any atom is 0.292 e. The minimum absolute atomic E-state index is 0.0771. The highest BCUT2D eigenvalue weighted by Gasteiger charge is 2.33. The van der Waals surface area contributed by atoms with Crippen molar-refractivity contribution in [1.29, 1.82) is 0 Å². The summed E-state index contributed by atoms with van der Waals surface area (Å²) in [7, 11) is 0. The van der Waals surface area contributed by atoms with Crippen molar-refractivity contribution in [2.75, 3.05) is 23.3 Å². The quantitative estimate of drug-likeness (QED) is 0.594. The first-order chi connectivity index (χ1) is 11.8. The van der Waals surface area contributed by atoms with Crippen molar-refractivity contribution in [2.45, 2.75) is 18.8 Å². The number of piperidine rings is 1. The predicted molar refractivity (Wildman–Crippen MR) is 94.2 cm³/mol. The Hall–Kier alpha value is -2.41. The lowest BCUT2D eigenvalue weighted by molar-refractivity contribution is -0.383. The van der Waals surface area contributed by atoms with Gasteiger partial charge in [0.25, 0.3) is 11.6 Å². The zero-order chi connectivity index (χ0) is 18.0. The maximum absolute atomic E-state index is 13.2. The molecular formula is C17H16ClF2N3O2. The van der Waals surface area contributed by atoms with E-state index in [9.17, 15) is 18.9 Å². The van der Waals surface area contributed by atoms with Gasteiger partial charge in [-0.1, -0.05) is 11.6 Å². The number of nitrogens with one attached hydrogen (secondary N) is 1. The third kappa shape index (κ3) is 4.17. The normalized spacial score (nSPS) is 16.5. The Morgan fingerprint density at radius 3 is 2.36 bits per heavy atom. The van der Waals surface area contributed by atoms with Crippen molar-refractivity contribution in [2.24, 2.45) is 0 Å². The summed E-state index contributed by atoms with van der Waals surface area (Å²) in [4.78, 5) is 12.5. The van der Waals surface area contributed by atoms with Gasteiger partial charge in [-0.2, -0.15) is 0 Å². The van der Waals surface area contributed by atoms with E-state index < -0.39 is 10.8 Å². The molecule has 2 aromatic carbocycles. The third-order valence-corrected chi connectivity index (χ3v) is 4.40. The molecule has 0 amide bonds. The molecule has 5 nitrogen and oxygen atoms in total. The Labute approximate surface area is 148 Å². The van der Waals surface area contributed by atoms with Crippen LogP contribution < -0.4 is 10.2 Å². The number of rotatable bonds is 4. The fourth-order valence-electron chi connectivity index (χ4n) is 2.77. The van der Waals surface area contributed by atoms with Crippen LogP contribution in [0.3, 0.4) is 0 Å². The maximum atomic E-state index is 13.2. The second kappa shape index (κ2) is 6.84. The van der Waals surface area contributed by atoms with E-state index in [1.54, 1.807) is 12.1 Å². The highest BCUT2D eigenvalue weighted by atomic mass is 35.5. The van der Waals surface area contributed by atoms with Gasteiger partial charge in [0, 0.05) is 48.4 Å². The Kier molecular flexibility index (Phi) is 4.76. The van der Waals surface area contributed by atoms with Crippen molar-refractivity contribution in [3.05, 3.63) is 57.6 Å². The van der Waals surface area contributed by atoms with Crippen LogP contribution >= 0.6 is 11.6 Å². The molecule has 0 atom stereocenters. The number of halogens is 3. The predicted octanol–water partition coefficient (Wildman–Crippen LogP) is 5.23. The molecule has 8 heteroatoms. The lowest BCUT2D eigenvalue weighted by atomic mass is 10.1. The van der Waals surface area contributed by atoms with E-state index in [-0.39, 0.29) is 18.5 Å². The molecule has 132 valence electrons. The molecule has 0 bridgehead atoms. The Balaban J connectivity index is 1.74. The van der Waals surface area contributed by atoms with Crippen molar-refractivity contribution >= 4 is 34.4 Å². The van der Waals surface area contributed by atoms with E-state index >= 15 is 0 Å². The summed E-state index contributed by atoms with van der Waals surface area (Å²) in [5.74, 6) is -2.58. The molecule has 1 heterocycles. The number of nitro benzene ring substituents is 1. The van der Waals surface area contributed by atoms with Gasteiger partial charge in [0.2, 0.25) is 0 Å². The summed E-state index contributed by atoms with van der Waals surface area (Å²) >= 11 is 5.91. The second-order valence-corrected chi connectivity index (χ2v) is 6.37. The number of hydrogen-bond donors (Lipinski definition) is 1. The topological polar surface area (TPSA) is 58.4 Å². The average Bonchev–Trinajstić information content (AvgIpc) is 2.55. The molecule has 2 aromatic rings. The number of benzene rings is 2. The zero-order valence-corrected chi connectivity index (χ0v) is 14.0. The number of hydrogen-bond acceptors (Lipinski definition) is 4. The number of nitro groups is 1. The fraction of sp³-hybridized carbons (Fsp3) is 0.294. The van der Waals surface area contributed by atoms with E-state index in [1.807, 2.05) is 17.0 Å². The minimum atomic E-state index is -2.58. The van der Waals surface area contributed by atoms with Crippen LogP contribution in [-0.4, -0.2) is 23.9 Å². The van der Waals surface area contributed by atoms with Gasteiger partial charge in [0.05, 0.1) is 4.92 Å². The zero-order valence-electron chi connectivity index (χ0n) is 13.2. The van der Waals surface area contributed by atoms with Gasteiger partial charge in [0.1, 0.15) is 5.69 Å². The first-order valence-electron chi connectivity index (χ1n) is 7.78. The summed E-state index contributed by atoms with van der Waals surface area (Å²) in [6.07, 6.45) is -0.302. The molecule has 1 fully saturated rings. The lowest BCUT2D eigenvalue weighted by Crippen LogP contribution is -2.39. The molecule has 0 spiro atoms. The molecule has 1 saturated heterocycles. The van der Waals surface area contributed by atoms with Gasteiger partial charge in [-0.15, -0.1) is 0 Å². The van der Waals surface area contributed by atoms with E-state index in [2.05, 4.69) is 5.32 Å². The molecule has 0 aromatic heterocycles. The highest BCUT2D eigenvalue weighted by Crippen LogP contribution is 2.33. The first-order valence-corrected chi connectivity index (χ1v) is 8.16. The number of nitrogens with zero attached hydrogens (tertiary/aromatic N) is 2. The van der Waals surface area contributed by atoms with Crippen LogP contribution in [0.2, 0.25) is 5.02 Å². The first kappa shape index (κ1) is 17.4. The standard InChI is InChI=1S/C17H16ClF2N3O2/c18-12-1-6-16(23(24)25)15(11-12)21-13-2-4-14(5-3-13)22-9-7-17(19,20)8-10-22/h1-6,11,21H,7-10H2. The van der Waals surface area contributed by atoms with Gasteiger partial charge in [-0.3, -0.25) is 10.1 Å². The molecule has 1 N–H and O–H groups in total. The fourth-order valence-corrected chi connectivity index (χ4v) is 2.94. The van der Waals surface area contributed by atoms with E-state index in [0.717, 1.165) is 5.69 Å². The van der Waals surface area contributed by atoms with E-state index in [0.29, 0.717) is 29.5 Å². The SMILES string of the molecule is O=[N+]([O-])c1ccc(Cl)cc1Nc1ccc(N2CCC(F)(F)CC2)cc1. The molecule has 0 aliphatic carbocycles. The van der Waals surface area contributed by atoms with Crippen LogP contribution in [0.15, 0.2) is 42.5 Å². The number of anilines is 3. The van der Waals surface area contributed by atoms with Crippen LogP contribution in [0, 0.1) is 10.1 Å². The lowest BCUT2D eigenvalue weighted by Gasteiger charge is -2.33. The molecule has 1 aliphatic heterocycles. The summed E-state index contributed by atoms with van der Waals surface area (Å²) in [5.41, 5.74) is 1.72. The molecule has 0 radical (unpaired) electrons. The molecule has 3 rings (SSSR count). The highest BCUT2D eigenvalue weighted by molar-refractivity contribution is 6.31. The Bertz CT molecular complexity index is 774. The van der Waals surface area contributed by atoms with Crippen LogP contribution in [-0.2, 0) is 0 Å².